The van der Waals surface area contributed by atoms with E-state index in [4.69, 9.17) is 0 Å². The predicted octanol–water partition coefficient (Wildman–Crippen LogP) is 9.61. The van der Waals surface area contributed by atoms with Crippen LogP contribution in [-0.2, 0) is 0 Å². The quantitative estimate of drug-likeness (QED) is 0.227. The summed E-state index contributed by atoms with van der Waals surface area (Å²) in [6, 6.07) is 37.7. The minimum atomic E-state index is 0.0109. The van der Waals surface area contributed by atoms with E-state index in [1.54, 1.807) is 0 Å². The number of hydrogen-bond acceptors (Lipinski definition) is 1. The first-order valence-corrected chi connectivity index (χ1v) is 13.9. The molecular formula is C37H27N3. The molecule has 7 aromatic rings. The zero-order valence-corrected chi connectivity index (χ0v) is 22.5. The molecule has 2 heterocycles. The summed E-state index contributed by atoms with van der Waals surface area (Å²) in [7, 11) is 0. The van der Waals surface area contributed by atoms with Gasteiger partial charge in [-0.05, 0) is 73.2 Å². The van der Waals surface area contributed by atoms with Gasteiger partial charge in [0.15, 0.2) is 0 Å². The number of nitriles is 1. The molecular weight excluding hydrogens is 486 g/mol. The van der Waals surface area contributed by atoms with Crippen molar-refractivity contribution in [3.05, 3.63) is 126 Å². The summed E-state index contributed by atoms with van der Waals surface area (Å²) in [6.45, 7) is 4.30. The summed E-state index contributed by atoms with van der Waals surface area (Å²) in [5, 5.41) is 17.7. The molecule has 0 radical (unpaired) electrons. The Balaban J connectivity index is 1.39. The molecule has 2 aromatic heterocycles. The Morgan fingerprint density at radius 1 is 0.675 bits per heavy atom. The first kappa shape index (κ1) is 22.9. The second-order valence-electron chi connectivity index (χ2n) is 11.1. The lowest BCUT2D eigenvalue weighted by molar-refractivity contribution is 0.643. The maximum atomic E-state index is 10.2. The number of aromatic nitrogens is 2. The number of rotatable bonds is 2. The van der Waals surface area contributed by atoms with Gasteiger partial charge in [-0.15, -0.1) is 0 Å². The van der Waals surface area contributed by atoms with E-state index in [-0.39, 0.29) is 6.04 Å². The molecule has 3 nitrogen and oxygen atoms in total. The number of para-hydroxylation sites is 1. The smallest absolute Gasteiger partial charge is 0.0989 e. The second-order valence-corrected chi connectivity index (χ2v) is 11.1. The summed E-state index contributed by atoms with van der Waals surface area (Å²) in [5.41, 5.74) is 9.11. The lowest BCUT2D eigenvalue weighted by atomic mass is 9.99. The van der Waals surface area contributed by atoms with Crippen molar-refractivity contribution in [1.82, 2.24) is 9.13 Å². The highest BCUT2D eigenvalue weighted by atomic mass is 15.0. The third-order valence-electron chi connectivity index (χ3n) is 8.54. The van der Waals surface area contributed by atoms with Crippen LogP contribution >= 0.6 is 0 Å². The molecule has 3 heteroatoms. The molecule has 1 unspecified atom stereocenters. The molecule has 0 saturated heterocycles. The van der Waals surface area contributed by atoms with Gasteiger partial charge in [0.25, 0.3) is 0 Å². The first-order valence-electron chi connectivity index (χ1n) is 13.9. The Labute approximate surface area is 232 Å². The molecule has 0 saturated carbocycles. The standard InChI is InChI=1S/C37H27N3/c1-23-11-14-34-31(17-23)32-18-24(2)12-15-35(32)39(34)27-19-25(22-38)20-28(21-27)40-33-10-6-5-9-30(33)37-29-8-4-3-7-26(29)13-16-36(37)40/h3-20,27H,21H2,1-2H3. The van der Waals surface area contributed by atoms with Gasteiger partial charge in [0, 0.05) is 44.7 Å². The average Bonchev–Trinajstić information content (AvgIpc) is 3.49. The molecule has 0 aliphatic heterocycles. The van der Waals surface area contributed by atoms with Crippen molar-refractivity contribution in [2.45, 2.75) is 26.3 Å². The van der Waals surface area contributed by atoms with Gasteiger partial charge in [0.2, 0.25) is 0 Å². The van der Waals surface area contributed by atoms with Gasteiger partial charge in [0.1, 0.15) is 0 Å². The fourth-order valence-corrected chi connectivity index (χ4v) is 6.85. The zero-order valence-electron chi connectivity index (χ0n) is 22.5. The number of aryl methyl sites for hydroxylation is 2. The SMILES string of the molecule is Cc1ccc2c(c1)c1cc(C)ccc1n2C1C=C(C#N)C=C(n2c3ccccc3c3c4ccccc4ccc32)C1. The van der Waals surface area contributed by atoms with Gasteiger partial charge in [-0.3, -0.25) is 0 Å². The van der Waals surface area contributed by atoms with Gasteiger partial charge in [-0.25, -0.2) is 0 Å². The van der Waals surface area contributed by atoms with E-state index in [2.05, 4.69) is 138 Å². The van der Waals surface area contributed by atoms with Crippen molar-refractivity contribution in [2.75, 3.05) is 0 Å². The van der Waals surface area contributed by atoms with Crippen LogP contribution in [-0.4, -0.2) is 9.13 Å². The van der Waals surface area contributed by atoms with Crippen LogP contribution in [0.2, 0.25) is 0 Å². The van der Waals surface area contributed by atoms with E-state index in [1.807, 2.05) is 0 Å². The predicted molar refractivity (Wildman–Crippen MR) is 167 cm³/mol. The van der Waals surface area contributed by atoms with E-state index in [9.17, 15) is 5.26 Å². The minimum Gasteiger partial charge on any atom is -0.333 e. The van der Waals surface area contributed by atoms with Crippen molar-refractivity contribution < 1.29 is 0 Å². The number of benzene rings is 5. The minimum absolute atomic E-state index is 0.0109. The fourth-order valence-electron chi connectivity index (χ4n) is 6.85. The van der Waals surface area contributed by atoms with Gasteiger partial charge < -0.3 is 9.13 Å². The monoisotopic (exact) mass is 513 g/mol. The molecule has 8 rings (SSSR count). The third-order valence-corrected chi connectivity index (χ3v) is 8.54. The second kappa shape index (κ2) is 8.46. The lowest BCUT2D eigenvalue weighted by Gasteiger charge is -2.25. The van der Waals surface area contributed by atoms with Crippen LogP contribution in [0.15, 0.2) is 115 Å². The molecule has 1 aliphatic carbocycles. The highest BCUT2D eigenvalue weighted by Gasteiger charge is 2.25. The van der Waals surface area contributed by atoms with Crippen molar-refractivity contribution >= 4 is 60.1 Å². The Morgan fingerprint density at radius 3 is 2.05 bits per heavy atom. The highest BCUT2D eigenvalue weighted by molar-refractivity contribution is 6.21. The normalized spacial score (nSPS) is 15.7. The summed E-state index contributed by atoms with van der Waals surface area (Å²) < 4.78 is 4.83. The molecule has 0 amide bonds. The molecule has 0 fully saturated rings. The largest absolute Gasteiger partial charge is 0.333 e. The third kappa shape index (κ3) is 3.23. The number of hydrogen-bond donors (Lipinski definition) is 0. The van der Waals surface area contributed by atoms with Gasteiger partial charge in [0.05, 0.1) is 28.7 Å². The maximum Gasteiger partial charge on any atom is 0.0989 e. The van der Waals surface area contributed by atoms with Gasteiger partial charge in [-0.2, -0.15) is 5.26 Å². The Hall–Kier alpha value is -5.07. The van der Waals surface area contributed by atoms with Crippen molar-refractivity contribution in [1.29, 1.82) is 5.26 Å². The maximum absolute atomic E-state index is 10.2. The summed E-state index contributed by atoms with van der Waals surface area (Å²) in [6.07, 6.45) is 5.01. The van der Waals surface area contributed by atoms with Crippen molar-refractivity contribution in [3.8, 4) is 6.07 Å². The van der Waals surface area contributed by atoms with Crippen LogP contribution in [0, 0.1) is 25.2 Å². The molecule has 1 aliphatic rings. The van der Waals surface area contributed by atoms with Crippen LogP contribution in [0.25, 0.3) is 60.1 Å². The number of fused-ring (bicyclic) bond motifs is 8. The summed E-state index contributed by atoms with van der Waals surface area (Å²) >= 11 is 0. The Kier molecular flexibility index (Phi) is 4.84. The molecule has 0 spiro atoms. The van der Waals surface area contributed by atoms with Crippen LogP contribution < -0.4 is 0 Å². The fraction of sp³-hybridized carbons (Fsp3) is 0.108. The molecule has 1 atom stereocenters. The zero-order chi connectivity index (χ0) is 27.0. The lowest BCUT2D eigenvalue weighted by Crippen LogP contribution is -2.13. The van der Waals surface area contributed by atoms with Crippen LogP contribution in [0.4, 0.5) is 0 Å². The van der Waals surface area contributed by atoms with E-state index in [1.165, 1.54) is 65.5 Å². The Morgan fingerprint density at radius 2 is 1.32 bits per heavy atom. The molecule has 40 heavy (non-hydrogen) atoms. The highest BCUT2D eigenvalue weighted by Crippen LogP contribution is 2.42. The van der Waals surface area contributed by atoms with Crippen molar-refractivity contribution in [3.63, 3.8) is 0 Å². The molecule has 0 N–H and O–H groups in total. The first-order chi connectivity index (χ1) is 19.6. The average molecular weight is 514 g/mol. The summed E-state index contributed by atoms with van der Waals surface area (Å²) in [4.78, 5) is 0. The van der Waals surface area contributed by atoms with Crippen LogP contribution in [0.3, 0.4) is 0 Å². The topological polar surface area (TPSA) is 33.6 Å². The van der Waals surface area contributed by atoms with Crippen molar-refractivity contribution in [2.24, 2.45) is 0 Å². The van der Waals surface area contributed by atoms with Crippen LogP contribution in [0.1, 0.15) is 23.6 Å². The van der Waals surface area contributed by atoms with E-state index < -0.39 is 0 Å². The molecule has 190 valence electrons. The molecule has 5 aromatic carbocycles. The summed E-state index contributed by atoms with van der Waals surface area (Å²) in [5.74, 6) is 0. The van der Waals surface area contributed by atoms with E-state index >= 15 is 0 Å². The van der Waals surface area contributed by atoms with Crippen LogP contribution in [0.5, 0.6) is 0 Å². The van der Waals surface area contributed by atoms with E-state index in [0.29, 0.717) is 5.57 Å². The molecule has 0 bridgehead atoms. The Bertz CT molecular complexity index is 2220. The number of nitrogens with zero attached hydrogens (tertiary/aromatic N) is 3. The van der Waals surface area contributed by atoms with E-state index in [0.717, 1.165) is 12.1 Å². The number of allylic oxidation sites excluding steroid dienone is 4. The van der Waals surface area contributed by atoms with Gasteiger partial charge in [-0.1, -0.05) is 71.8 Å². The van der Waals surface area contributed by atoms with Gasteiger partial charge >= 0.3 is 0 Å².